The Labute approximate surface area is 98.5 Å². The topological polar surface area (TPSA) is 63.6 Å². The molecule has 0 saturated carbocycles. The minimum atomic E-state index is -1.58. The fourth-order valence-corrected chi connectivity index (χ4v) is 1.82. The number of carboxylic acid groups (broad SMARTS) is 1. The molecule has 4 nitrogen and oxygen atoms in total. The van der Waals surface area contributed by atoms with Gasteiger partial charge in [0.2, 0.25) is 5.41 Å². The van der Waals surface area contributed by atoms with Crippen LogP contribution in [0.4, 0.5) is 0 Å². The predicted octanol–water partition coefficient (Wildman–Crippen LogP) is 1.64. The summed E-state index contributed by atoms with van der Waals surface area (Å²) in [5.74, 6) is -1.94. The lowest BCUT2D eigenvalue weighted by molar-refractivity contribution is -0.156. The van der Waals surface area contributed by atoms with E-state index >= 15 is 0 Å². The Balaban J connectivity index is 2.32. The summed E-state index contributed by atoms with van der Waals surface area (Å²) >= 11 is 0. The van der Waals surface area contributed by atoms with E-state index in [4.69, 9.17) is 5.11 Å². The van der Waals surface area contributed by atoms with E-state index in [9.17, 15) is 9.59 Å². The quantitative estimate of drug-likeness (QED) is 0.635. The van der Waals surface area contributed by atoms with Crippen molar-refractivity contribution in [1.29, 1.82) is 0 Å². The summed E-state index contributed by atoms with van der Waals surface area (Å²) in [6.45, 7) is 1.94. The van der Waals surface area contributed by atoms with Crippen LogP contribution in [0.15, 0.2) is 30.3 Å². The van der Waals surface area contributed by atoms with Gasteiger partial charge >= 0.3 is 11.9 Å². The van der Waals surface area contributed by atoms with E-state index in [0.29, 0.717) is 5.57 Å². The van der Waals surface area contributed by atoms with Crippen molar-refractivity contribution in [3.8, 4) is 0 Å². The zero-order chi connectivity index (χ0) is 12.6. The first kappa shape index (κ1) is 11.4. The average Bonchev–Trinajstić information content (AvgIpc) is 3.05. The monoisotopic (exact) mass is 232 g/mol. The molecule has 0 aliphatic heterocycles. The first-order valence-corrected chi connectivity index (χ1v) is 5.14. The van der Waals surface area contributed by atoms with Crippen LogP contribution >= 0.6 is 0 Å². The Hall–Kier alpha value is -2.10. The second-order valence-electron chi connectivity index (χ2n) is 4.03. The summed E-state index contributed by atoms with van der Waals surface area (Å²) in [4.78, 5) is 22.7. The van der Waals surface area contributed by atoms with E-state index in [2.05, 4.69) is 4.74 Å². The third kappa shape index (κ3) is 1.62. The summed E-state index contributed by atoms with van der Waals surface area (Å²) in [7, 11) is 1.19. The average molecular weight is 232 g/mol. The van der Waals surface area contributed by atoms with Crippen LogP contribution in [0.2, 0.25) is 0 Å². The number of aliphatic carboxylic acids is 1. The molecule has 0 saturated heterocycles. The molecule has 0 fully saturated rings. The molecule has 1 aromatic carbocycles. The van der Waals surface area contributed by atoms with E-state index < -0.39 is 17.4 Å². The summed E-state index contributed by atoms with van der Waals surface area (Å²) in [5, 5.41) is 9.14. The highest BCUT2D eigenvalue weighted by molar-refractivity contribution is 6.22. The summed E-state index contributed by atoms with van der Waals surface area (Å²) in [6, 6.07) is 7.35. The van der Waals surface area contributed by atoms with E-state index in [1.54, 1.807) is 12.1 Å². The second kappa shape index (κ2) is 3.73. The molecule has 1 atom stereocenters. The van der Waals surface area contributed by atoms with Gasteiger partial charge in [-0.05, 0) is 24.1 Å². The molecule has 1 aromatic rings. The molecule has 2 rings (SSSR count). The Morgan fingerprint density at radius 2 is 1.82 bits per heavy atom. The Kier molecular flexibility index (Phi) is 2.50. The first-order valence-electron chi connectivity index (χ1n) is 5.14. The smallest absolute Gasteiger partial charge is 0.331 e. The Morgan fingerprint density at radius 3 is 2.29 bits per heavy atom. The van der Waals surface area contributed by atoms with Crippen molar-refractivity contribution in [1.82, 2.24) is 0 Å². The molecule has 0 radical (unpaired) electrons. The van der Waals surface area contributed by atoms with Gasteiger partial charge < -0.3 is 9.84 Å². The second-order valence-corrected chi connectivity index (χ2v) is 4.03. The minimum Gasteiger partial charge on any atom is -0.480 e. The first-order chi connectivity index (χ1) is 8.02. The molecule has 1 aliphatic carbocycles. The number of rotatable bonds is 3. The van der Waals surface area contributed by atoms with Gasteiger partial charge in [0.15, 0.2) is 0 Å². The van der Waals surface area contributed by atoms with E-state index in [1.165, 1.54) is 13.2 Å². The summed E-state index contributed by atoms with van der Waals surface area (Å²) in [6.07, 6.45) is 1.42. The molecule has 0 amide bonds. The van der Waals surface area contributed by atoms with Crippen LogP contribution in [-0.4, -0.2) is 24.2 Å². The third-order valence-corrected chi connectivity index (χ3v) is 2.91. The molecule has 1 N–H and O–H groups in total. The highest BCUT2D eigenvalue weighted by atomic mass is 16.5. The van der Waals surface area contributed by atoms with Crippen molar-refractivity contribution in [3.05, 3.63) is 41.5 Å². The van der Waals surface area contributed by atoms with Crippen molar-refractivity contribution in [2.75, 3.05) is 7.11 Å². The maximum atomic E-state index is 11.5. The molecule has 17 heavy (non-hydrogen) atoms. The molecule has 1 aliphatic rings. The van der Waals surface area contributed by atoms with Crippen LogP contribution in [-0.2, 0) is 14.3 Å². The normalized spacial score (nSPS) is 21.6. The van der Waals surface area contributed by atoms with Gasteiger partial charge in [0.25, 0.3) is 0 Å². The third-order valence-electron chi connectivity index (χ3n) is 2.91. The molecule has 0 aromatic heterocycles. The molecule has 88 valence electrons. The molecular weight excluding hydrogens is 220 g/mol. The largest absolute Gasteiger partial charge is 0.480 e. The Bertz CT molecular complexity index is 513. The number of methoxy groups -OCH3 is 1. The SMILES string of the molecule is COC(=O)C1(C(=O)O)C=C1c1ccc(C)cc1. The van der Waals surface area contributed by atoms with Crippen LogP contribution in [0.25, 0.3) is 5.57 Å². The van der Waals surface area contributed by atoms with Gasteiger partial charge in [-0.3, -0.25) is 9.59 Å². The van der Waals surface area contributed by atoms with Crippen molar-refractivity contribution in [2.24, 2.45) is 5.41 Å². The van der Waals surface area contributed by atoms with Crippen molar-refractivity contribution < 1.29 is 19.4 Å². The Morgan fingerprint density at radius 1 is 1.24 bits per heavy atom. The van der Waals surface area contributed by atoms with Crippen LogP contribution in [0.3, 0.4) is 0 Å². The molecule has 1 unspecified atom stereocenters. The van der Waals surface area contributed by atoms with Crippen LogP contribution < -0.4 is 0 Å². The fraction of sp³-hybridized carbons (Fsp3) is 0.231. The molecule has 0 heterocycles. The highest BCUT2D eigenvalue weighted by Gasteiger charge is 2.59. The number of benzene rings is 1. The fourth-order valence-electron chi connectivity index (χ4n) is 1.82. The lowest BCUT2D eigenvalue weighted by Crippen LogP contribution is -2.29. The predicted molar refractivity (Wildman–Crippen MR) is 61.2 cm³/mol. The van der Waals surface area contributed by atoms with Gasteiger partial charge in [0.1, 0.15) is 0 Å². The van der Waals surface area contributed by atoms with E-state index in [0.717, 1.165) is 11.1 Å². The standard InChI is InChI=1S/C13H12O4/c1-8-3-5-9(6-4-8)10-7-13(10,11(14)15)12(16)17-2/h3-7H,1-2H3,(H,14,15). The summed E-state index contributed by atoms with van der Waals surface area (Å²) in [5.41, 5.74) is 0.735. The zero-order valence-corrected chi connectivity index (χ0v) is 9.56. The van der Waals surface area contributed by atoms with E-state index in [-0.39, 0.29) is 0 Å². The number of aryl methyl sites for hydroxylation is 1. The van der Waals surface area contributed by atoms with Crippen LogP contribution in [0.5, 0.6) is 0 Å². The van der Waals surface area contributed by atoms with Gasteiger partial charge in [-0.2, -0.15) is 0 Å². The van der Waals surface area contributed by atoms with Gasteiger partial charge in [-0.25, -0.2) is 0 Å². The van der Waals surface area contributed by atoms with E-state index in [1.807, 2.05) is 19.1 Å². The van der Waals surface area contributed by atoms with Crippen molar-refractivity contribution in [3.63, 3.8) is 0 Å². The lowest BCUT2D eigenvalue weighted by atomic mass is 9.96. The zero-order valence-electron chi connectivity index (χ0n) is 9.56. The highest BCUT2D eigenvalue weighted by Crippen LogP contribution is 2.52. The van der Waals surface area contributed by atoms with Gasteiger partial charge in [-0.15, -0.1) is 0 Å². The van der Waals surface area contributed by atoms with Gasteiger partial charge in [0, 0.05) is 0 Å². The van der Waals surface area contributed by atoms with Crippen molar-refractivity contribution >= 4 is 17.5 Å². The molecule has 0 bridgehead atoms. The number of carbonyl (C=O) groups excluding carboxylic acids is 1. The number of carbonyl (C=O) groups is 2. The summed E-state index contributed by atoms with van der Waals surface area (Å²) < 4.78 is 4.54. The lowest BCUT2D eigenvalue weighted by Gasteiger charge is -2.10. The number of hydrogen-bond donors (Lipinski definition) is 1. The number of carboxylic acids is 1. The number of ether oxygens (including phenoxy) is 1. The molecule has 0 spiro atoms. The molecular formula is C13H12O4. The maximum absolute atomic E-state index is 11.5. The number of esters is 1. The van der Waals surface area contributed by atoms with Gasteiger partial charge in [0.05, 0.1) is 7.11 Å². The van der Waals surface area contributed by atoms with Crippen LogP contribution in [0, 0.1) is 12.3 Å². The minimum absolute atomic E-state index is 0.497. The maximum Gasteiger partial charge on any atom is 0.331 e. The van der Waals surface area contributed by atoms with Gasteiger partial charge in [-0.1, -0.05) is 29.8 Å². The van der Waals surface area contributed by atoms with Crippen molar-refractivity contribution in [2.45, 2.75) is 6.92 Å². The molecule has 4 heteroatoms. The van der Waals surface area contributed by atoms with Crippen LogP contribution in [0.1, 0.15) is 11.1 Å². The number of hydrogen-bond acceptors (Lipinski definition) is 3.